The van der Waals surface area contributed by atoms with Crippen LogP contribution in [0.1, 0.15) is 56.2 Å². The first-order valence-corrected chi connectivity index (χ1v) is 11.6. The van der Waals surface area contributed by atoms with Crippen LogP contribution >= 0.6 is 0 Å². The van der Waals surface area contributed by atoms with Gasteiger partial charge in [0.15, 0.2) is 0 Å². The lowest BCUT2D eigenvalue weighted by Gasteiger charge is -2.13. The number of carbonyl (C=O) groups excluding carboxylic acids is 1. The van der Waals surface area contributed by atoms with E-state index >= 15 is 0 Å². The number of carbonyl (C=O) groups is 1. The number of nitrogens with zero attached hydrogens (tertiary/aromatic N) is 1. The number of rotatable bonds is 11. The van der Waals surface area contributed by atoms with Gasteiger partial charge in [-0.05, 0) is 90.8 Å². The van der Waals surface area contributed by atoms with Gasteiger partial charge in [-0.15, -0.1) is 0 Å². The zero-order chi connectivity index (χ0) is 22.8. The Morgan fingerprint density at radius 2 is 2.03 bits per heavy atom. The van der Waals surface area contributed by atoms with Crippen LogP contribution in [-0.2, 0) is 17.6 Å². The van der Waals surface area contributed by atoms with Crippen molar-refractivity contribution in [3.63, 3.8) is 0 Å². The Morgan fingerprint density at radius 1 is 1.16 bits per heavy atom. The van der Waals surface area contributed by atoms with Gasteiger partial charge < -0.3 is 10.1 Å². The van der Waals surface area contributed by atoms with Gasteiger partial charge in [-0.2, -0.15) is 0 Å². The molecule has 0 saturated carbocycles. The van der Waals surface area contributed by atoms with E-state index in [2.05, 4.69) is 54.5 Å². The summed E-state index contributed by atoms with van der Waals surface area (Å²) in [6, 6.07) is 14.6. The fraction of sp³-hybridized carbons (Fsp3) is 0.357. The molecule has 4 heteroatoms. The Labute approximate surface area is 191 Å². The highest BCUT2D eigenvalue weighted by Crippen LogP contribution is 2.28. The van der Waals surface area contributed by atoms with Gasteiger partial charge >= 0.3 is 0 Å². The number of methoxy groups -OCH3 is 1. The first-order valence-electron chi connectivity index (χ1n) is 11.6. The van der Waals surface area contributed by atoms with Gasteiger partial charge in [0, 0.05) is 24.5 Å². The van der Waals surface area contributed by atoms with E-state index < -0.39 is 0 Å². The number of hydrogen-bond donors (Lipinski definition) is 1. The van der Waals surface area contributed by atoms with E-state index in [-0.39, 0.29) is 11.9 Å². The van der Waals surface area contributed by atoms with Crippen molar-refractivity contribution in [1.29, 1.82) is 0 Å². The molecule has 4 nitrogen and oxygen atoms in total. The number of nitrogens with one attached hydrogen (secondary N) is 1. The molecule has 168 valence electrons. The third kappa shape index (κ3) is 6.68. The van der Waals surface area contributed by atoms with Crippen molar-refractivity contribution in [2.24, 2.45) is 0 Å². The minimum Gasteiger partial charge on any atom is -0.497 e. The van der Waals surface area contributed by atoms with Gasteiger partial charge in [-0.1, -0.05) is 37.6 Å². The molecular weight excluding hydrogens is 396 g/mol. The van der Waals surface area contributed by atoms with Gasteiger partial charge in [0.05, 0.1) is 7.11 Å². The normalized spacial score (nSPS) is 12.2. The number of fused-ring (bicyclic) bond motifs is 1. The lowest BCUT2D eigenvalue weighted by atomic mass is 9.94. The van der Waals surface area contributed by atoms with Crippen molar-refractivity contribution in [2.45, 2.75) is 58.4 Å². The predicted molar refractivity (Wildman–Crippen MR) is 133 cm³/mol. The number of unbranched alkanes of at least 4 members (excludes halogenated alkanes) is 1. The second-order valence-electron chi connectivity index (χ2n) is 8.32. The van der Waals surface area contributed by atoms with Crippen LogP contribution in [0.4, 0.5) is 0 Å². The number of ether oxygens (including phenoxy) is 1. The third-order valence-electron chi connectivity index (χ3n) is 5.78. The lowest BCUT2D eigenvalue weighted by molar-refractivity contribution is -0.117. The van der Waals surface area contributed by atoms with Crippen LogP contribution < -0.4 is 10.1 Å². The minimum absolute atomic E-state index is 0.0462. The lowest BCUT2D eigenvalue weighted by Crippen LogP contribution is -2.31. The molecule has 0 spiro atoms. The van der Waals surface area contributed by atoms with Gasteiger partial charge in [0.25, 0.3) is 0 Å². The molecule has 0 unspecified atom stereocenters. The number of hydrogen-bond acceptors (Lipinski definition) is 3. The maximum Gasteiger partial charge on any atom is 0.244 e. The standard InChI is InChI=1S/C28H34N2O2/c1-4-5-11-26-23(12-13-24-19-25(32-3)15-16-27(24)26)14-17-28(31)30-21(2)8-6-9-22-10-7-18-29-20-22/h7,10,12-21H,4-6,8-9,11H2,1-3H3,(H,30,31)/t21-/m1/s1. The highest BCUT2D eigenvalue weighted by molar-refractivity contribution is 5.94. The Bertz CT molecular complexity index is 1040. The van der Waals surface area contributed by atoms with Crippen LogP contribution in [0.3, 0.4) is 0 Å². The van der Waals surface area contributed by atoms with Gasteiger partial charge in [-0.3, -0.25) is 9.78 Å². The molecular formula is C28H34N2O2. The van der Waals surface area contributed by atoms with Crippen molar-refractivity contribution in [3.05, 3.63) is 77.6 Å². The predicted octanol–water partition coefficient (Wildman–Crippen LogP) is 6.13. The number of amides is 1. The van der Waals surface area contributed by atoms with E-state index in [0.29, 0.717) is 0 Å². The number of pyridine rings is 1. The van der Waals surface area contributed by atoms with Gasteiger partial charge in [0.2, 0.25) is 5.91 Å². The number of aryl methyl sites for hydroxylation is 2. The topological polar surface area (TPSA) is 51.2 Å². The van der Waals surface area contributed by atoms with E-state index in [1.807, 2.05) is 24.4 Å². The van der Waals surface area contributed by atoms with E-state index in [0.717, 1.165) is 49.8 Å². The molecule has 0 radical (unpaired) electrons. The highest BCUT2D eigenvalue weighted by atomic mass is 16.5. The summed E-state index contributed by atoms with van der Waals surface area (Å²) < 4.78 is 5.37. The van der Waals surface area contributed by atoms with Crippen molar-refractivity contribution in [1.82, 2.24) is 10.3 Å². The molecule has 1 aromatic heterocycles. The molecule has 0 aliphatic heterocycles. The molecule has 1 N–H and O–H groups in total. The summed E-state index contributed by atoms with van der Waals surface area (Å²) in [7, 11) is 1.69. The fourth-order valence-electron chi connectivity index (χ4n) is 3.99. The summed E-state index contributed by atoms with van der Waals surface area (Å²) >= 11 is 0. The first-order chi connectivity index (χ1) is 15.6. The Morgan fingerprint density at radius 3 is 2.78 bits per heavy atom. The second kappa shape index (κ2) is 12.0. The van der Waals surface area contributed by atoms with Crippen LogP contribution in [0.25, 0.3) is 16.8 Å². The number of benzene rings is 2. The van der Waals surface area contributed by atoms with Crippen molar-refractivity contribution < 1.29 is 9.53 Å². The molecule has 32 heavy (non-hydrogen) atoms. The van der Waals surface area contributed by atoms with Gasteiger partial charge in [0.1, 0.15) is 5.75 Å². The zero-order valence-corrected chi connectivity index (χ0v) is 19.4. The van der Waals surface area contributed by atoms with Crippen molar-refractivity contribution >= 4 is 22.8 Å². The van der Waals surface area contributed by atoms with E-state index in [4.69, 9.17) is 4.74 Å². The molecule has 0 aliphatic rings. The van der Waals surface area contributed by atoms with Crippen LogP contribution in [0.5, 0.6) is 5.75 Å². The summed E-state index contributed by atoms with van der Waals surface area (Å²) in [6.07, 6.45) is 13.5. The summed E-state index contributed by atoms with van der Waals surface area (Å²) in [6.45, 7) is 4.26. The molecule has 1 atom stereocenters. The van der Waals surface area contributed by atoms with Crippen LogP contribution in [0.15, 0.2) is 60.9 Å². The van der Waals surface area contributed by atoms with Crippen LogP contribution in [0, 0.1) is 0 Å². The Balaban J connectivity index is 1.63. The summed E-state index contributed by atoms with van der Waals surface area (Å²) in [5.74, 6) is 0.814. The fourth-order valence-corrected chi connectivity index (χ4v) is 3.99. The molecule has 3 aromatic rings. The van der Waals surface area contributed by atoms with Gasteiger partial charge in [-0.25, -0.2) is 0 Å². The highest BCUT2D eigenvalue weighted by Gasteiger charge is 2.09. The number of aromatic nitrogens is 1. The zero-order valence-electron chi connectivity index (χ0n) is 19.4. The van der Waals surface area contributed by atoms with E-state index in [9.17, 15) is 4.79 Å². The minimum atomic E-state index is -0.0462. The molecule has 3 rings (SSSR count). The van der Waals surface area contributed by atoms with E-state index in [1.165, 1.54) is 21.9 Å². The maximum atomic E-state index is 12.5. The van der Waals surface area contributed by atoms with Crippen LogP contribution in [0.2, 0.25) is 0 Å². The smallest absolute Gasteiger partial charge is 0.244 e. The summed E-state index contributed by atoms with van der Waals surface area (Å²) in [5.41, 5.74) is 3.63. The maximum absolute atomic E-state index is 12.5. The largest absolute Gasteiger partial charge is 0.497 e. The molecule has 0 aliphatic carbocycles. The third-order valence-corrected chi connectivity index (χ3v) is 5.78. The molecule has 1 amide bonds. The Hall–Kier alpha value is -3.14. The quantitative estimate of drug-likeness (QED) is 0.373. The molecule has 0 fully saturated rings. The summed E-state index contributed by atoms with van der Waals surface area (Å²) in [5, 5.41) is 5.49. The van der Waals surface area contributed by atoms with Crippen molar-refractivity contribution in [2.75, 3.05) is 7.11 Å². The molecule has 0 saturated heterocycles. The van der Waals surface area contributed by atoms with E-state index in [1.54, 1.807) is 19.4 Å². The first kappa shape index (κ1) is 23.5. The SMILES string of the molecule is CCCCc1c(C=CC(=O)N[C@H](C)CCCc2cccnc2)ccc2cc(OC)ccc12. The average molecular weight is 431 g/mol. The van der Waals surface area contributed by atoms with Crippen LogP contribution in [-0.4, -0.2) is 24.0 Å². The Kier molecular flexibility index (Phi) is 8.85. The molecule has 2 aromatic carbocycles. The average Bonchev–Trinajstić information content (AvgIpc) is 2.81. The summed E-state index contributed by atoms with van der Waals surface area (Å²) in [4.78, 5) is 16.7. The molecule has 1 heterocycles. The second-order valence-corrected chi connectivity index (χ2v) is 8.32. The van der Waals surface area contributed by atoms with Crippen molar-refractivity contribution in [3.8, 4) is 5.75 Å². The monoisotopic (exact) mass is 430 g/mol. The molecule has 0 bridgehead atoms.